The Hall–Kier alpha value is -2.42. The molecule has 6 nitrogen and oxygen atoms in total. The number of pyridine rings is 1. The van der Waals surface area contributed by atoms with Crippen molar-refractivity contribution in [3.05, 3.63) is 18.0 Å². The lowest BCUT2D eigenvalue weighted by atomic mass is 10.2. The summed E-state index contributed by atoms with van der Waals surface area (Å²) in [5.74, 6) is 6.03. The number of ether oxygens (including phenoxy) is 1. The summed E-state index contributed by atoms with van der Waals surface area (Å²) in [6.07, 6.45) is 3.28. The highest BCUT2D eigenvalue weighted by molar-refractivity contribution is 5.72. The number of nitrogens with two attached hydrogens (primary N) is 1. The minimum Gasteiger partial charge on any atom is -0.444 e. The van der Waals surface area contributed by atoms with Crippen molar-refractivity contribution < 1.29 is 9.53 Å². The summed E-state index contributed by atoms with van der Waals surface area (Å²) >= 11 is 0. The molecule has 0 saturated heterocycles. The molecule has 0 spiro atoms. The predicted molar refractivity (Wildman–Crippen MR) is 88.5 cm³/mol. The maximum Gasteiger partial charge on any atom is 0.407 e. The second kappa shape index (κ2) is 7.55. The average molecular weight is 304 g/mol. The van der Waals surface area contributed by atoms with Crippen LogP contribution in [-0.2, 0) is 4.74 Å². The van der Waals surface area contributed by atoms with Crippen LogP contribution in [0.25, 0.3) is 0 Å². The van der Waals surface area contributed by atoms with Crippen LogP contribution in [0.5, 0.6) is 0 Å². The largest absolute Gasteiger partial charge is 0.444 e. The molecule has 6 heteroatoms. The van der Waals surface area contributed by atoms with Crippen LogP contribution in [-0.4, -0.2) is 29.8 Å². The van der Waals surface area contributed by atoms with Crippen LogP contribution < -0.4 is 16.4 Å². The number of nitrogens with one attached hydrogen (secondary N) is 2. The SMILES string of the molecule is CNc1c(N)cncc1C#CC[C@H](C)NC(=O)OC(C)(C)C. The number of amides is 1. The number of anilines is 2. The molecule has 0 saturated carbocycles. The van der Waals surface area contributed by atoms with Gasteiger partial charge in [0.1, 0.15) is 5.60 Å². The quantitative estimate of drug-likeness (QED) is 0.746. The van der Waals surface area contributed by atoms with Gasteiger partial charge in [-0.05, 0) is 27.7 Å². The van der Waals surface area contributed by atoms with Crippen molar-refractivity contribution in [3.63, 3.8) is 0 Å². The van der Waals surface area contributed by atoms with Gasteiger partial charge in [-0.3, -0.25) is 4.98 Å². The van der Waals surface area contributed by atoms with E-state index >= 15 is 0 Å². The first-order chi connectivity index (χ1) is 10.2. The van der Waals surface area contributed by atoms with E-state index in [0.717, 1.165) is 11.3 Å². The highest BCUT2D eigenvalue weighted by Crippen LogP contribution is 2.20. The first-order valence-electron chi connectivity index (χ1n) is 7.12. The molecule has 22 heavy (non-hydrogen) atoms. The van der Waals surface area contributed by atoms with Gasteiger partial charge in [-0.1, -0.05) is 11.8 Å². The lowest BCUT2D eigenvalue weighted by molar-refractivity contribution is 0.0509. The molecule has 0 aliphatic heterocycles. The van der Waals surface area contributed by atoms with E-state index in [4.69, 9.17) is 10.5 Å². The van der Waals surface area contributed by atoms with Gasteiger partial charge in [-0.15, -0.1) is 0 Å². The topological polar surface area (TPSA) is 89.3 Å². The summed E-state index contributed by atoms with van der Waals surface area (Å²) in [4.78, 5) is 15.7. The van der Waals surface area contributed by atoms with E-state index in [0.29, 0.717) is 12.1 Å². The monoisotopic (exact) mass is 304 g/mol. The van der Waals surface area contributed by atoms with Crippen LogP contribution >= 0.6 is 0 Å². The van der Waals surface area contributed by atoms with Gasteiger partial charge in [-0.2, -0.15) is 0 Å². The molecule has 4 N–H and O–H groups in total. The van der Waals surface area contributed by atoms with Crippen molar-refractivity contribution in [3.8, 4) is 11.8 Å². The molecule has 1 atom stereocenters. The molecule has 120 valence electrons. The first-order valence-corrected chi connectivity index (χ1v) is 7.12. The van der Waals surface area contributed by atoms with Crippen LogP contribution in [0.3, 0.4) is 0 Å². The van der Waals surface area contributed by atoms with Gasteiger partial charge in [0, 0.05) is 25.7 Å². The van der Waals surface area contributed by atoms with Crippen molar-refractivity contribution in [2.45, 2.75) is 45.8 Å². The van der Waals surface area contributed by atoms with Gasteiger partial charge in [0.05, 0.1) is 23.1 Å². The third kappa shape index (κ3) is 5.92. The number of carbonyl (C=O) groups is 1. The minimum absolute atomic E-state index is 0.116. The minimum atomic E-state index is -0.510. The van der Waals surface area contributed by atoms with Gasteiger partial charge in [-0.25, -0.2) is 4.79 Å². The second-order valence-corrected chi connectivity index (χ2v) is 5.95. The first kappa shape index (κ1) is 17.6. The highest BCUT2D eigenvalue weighted by atomic mass is 16.6. The van der Waals surface area contributed by atoms with Crippen molar-refractivity contribution in [2.24, 2.45) is 0 Å². The standard InChI is InChI=1S/C16H24N4O2/c1-11(20-15(21)22-16(2,3)4)7-6-8-12-9-19-10-13(17)14(12)18-5/h9-11H,7,17H2,1-5H3,(H,18,19)(H,20,21)/t11-/m0/s1. The molecule has 0 bridgehead atoms. The molecule has 1 amide bonds. The summed E-state index contributed by atoms with van der Waals surface area (Å²) in [6.45, 7) is 7.34. The van der Waals surface area contributed by atoms with Crippen molar-refractivity contribution in [1.82, 2.24) is 10.3 Å². The van der Waals surface area contributed by atoms with Crippen LogP contribution in [0, 0.1) is 11.8 Å². The Balaban J connectivity index is 2.61. The number of rotatable bonds is 3. The number of aromatic nitrogens is 1. The Kier molecular flexibility index (Phi) is 6.05. The third-order valence-corrected chi connectivity index (χ3v) is 2.62. The van der Waals surface area contributed by atoms with Gasteiger partial charge < -0.3 is 21.1 Å². The normalized spacial score (nSPS) is 11.9. The third-order valence-electron chi connectivity index (χ3n) is 2.62. The molecule has 1 aromatic rings. The molecular weight excluding hydrogens is 280 g/mol. The fourth-order valence-electron chi connectivity index (χ4n) is 1.71. The average Bonchev–Trinajstić information content (AvgIpc) is 2.36. The Morgan fingerprint density at radius 1 is 1.45 bits per heavy atom. The van der Waals surface area contributed by atoms with Gasteiger partial charge in [0.25, 0.3) is 0 Å². The smallest absolute Gasteiger partial charge is 0.407 e. The molecule has 0 fully saturated rings. The summed E-state index contributed by atoms with van der Waals surface area (Å²) < 4.78 is 5.19. The number of hydrogen-bond acceptors (Lipinski definition) is 5. The van der Waals surface area contributed by atoms with Crippen LogP contribution in [0.4, 0.5) is 16.2 Å². The van der Waals surface area contributed by atoms with E-state index in [9.17, 15) is 4.79 Å². The van der Waals surface area contributed by atoms with Crippen LogP contribution in [0.15, 0.2) is 12.4 Å². The molecule has 1 rings (SSSR count). The van der Waals surface area contributed by atoms with Crippen LogP contribution in [0.2, 0.25) is 0 Å². The summed E-state index contributed by atoms with van der Waals surface area (Å²) in [5, 5.41) is 5.75. The summed E-state index contributed by atoms with van der Waals surface area (Å²) in [6, 6.07) is -0.116. The fourth-order valence-corrected chi connectivity index (χ4v) is 1.71. The number of alkyl carbamates (subject to hydrolysis) is 1. The molecule has 0 aromatic carbocycles. The molecule has 1 heterocycles. The fraction of sp³-hybridized carbons (Fsp3) is 0.500. The molecule has 0 aliphatic rings. The van der Waals surface area contributed by atoms with Crippen LogP contribution in [0.1, 0.15) is 39.7 Å². The van der Waals surface area contributed by atoms with E-state index in [-0.39, 0.29) is 6.04 Å². The van der Waals surface area contributed by atoms with Crippen molar-refractivity contribution in [2.75, 3.05) is 18.1 Å². The number of nitrogens with zero attached hydrogens (tertiary/aromatic N) is 1. The van der Waals surface area contributed by atoms with Crippen molar-refractivity contribution >= 4 is 17.5 Å². The second-order valence-electron chi connectivity index (χ2n) is 5.95. The maximum atomic E-state index is 11.6. The zero-order valence-electron chi connectivity index (χ0n) is 13.8. The Morgan fingerprint density at radius 2 is 2.14 bits per heavy atom. The van der Waals surface area contributed by atoms with E-state index in [2.05, 4.69) is 27.5 Å². The van der Waals surface area contributed by atoms with Gasteiger partial charge in [0.15, 0.2) is 0 Å². The predicted octanol–water partition coefficient (Wildman–Crippen LogP) is 2.36. The lowest BCUT2D eigenvalue weighted by Gasteiger charge is -2.21. The molecule has 0 radical (unpaired) electrons. The van der Waals surface area contributed by atoms with Crippen molar-refractivity contribution in [1.29, 1.82) is 0 Å². The number of carbonyl (C=O) groups excluding carboxylic acids is 1. The van der Waals surface area contributed by atoms with Gasteiger partial charge >= 0.3 is 6.09 Å². The molecule has 1 aromatic heterocycles. The summed E-state index contributed by atoms with van der Waals surface area (Å²) in [5.41, 5.74) is 7.35. The van der Waals surface area contributed by atoms with E-state index in [1.165, 1.54) is 0 Å². The van der Waals surface area contributed by atoms with E-state index < -0.39 is 11.7 Å². The molecule has 0 unspecified atom stereocenters. The van der Waals surface area contributed by atoms with Gasteiger partial charge in [0.2, 0.25) is 0 Å². The van der Waals surface area contributed by atoms with E-state index in [1.54, 1.807) is 19.4 Å². The highest BCUT2D eigenvalue weighted by Gasteiger charge is 2.17. The Bertz CT molecular complexity index is 582. The molecule has 0 aliphatic carbocycles. The Labute approximate surface area is 131 Å². The van der Waals surface area contributed by atoms with E-state index in [1.807, 2.05) is 27.7 Å². The zero-order valence-corrected chi connectivity index (χ0v) is 13.8. The Morgan fingerprint density at radius 3 is 2.73 bits per heavy atom. The summed E-state index contributed by atoms with van der Waals surface area (Å²) in [7, 11) is 1.78. The number of nitrogen functional groups attached to an aromatic ring is 1. The lowest BCUT2D eigenvalue weighted by Crippen LogP contribution is -2.37. The molecular formula is C16H24N4O2. The number of hydrogen-bond donors (Lipinski definition) is 3. The zero-order chi connectivity index (χ0) is 16.8. The maximum absolute atomic E-state index is 11.6.